The number of piperidine rings is 1. The van der Waals surface area contributed by atoms with Crippen molar-refractivity contribution >= 4 is 0 Å². The molecule has 1 fully saturated rings. The van der Waals surface area contributed by atoms with Gasteiger partial charge in [0.1, 0.15) is 5.75 Å². The lowest BCUT2D eigenvalue weighted by molar-refractivity contribution is -0.100. The molecule has 0 bridgehead atoms. The summed E-state index contributed by atoms with van der Waals surface area (Å²) in [5.41, 5.74) is 3.46. The first-order valence-electron chi connectivity index (χ1n) is 9.54. The Hall–Kier alpha value is -2.24. The molecule has 27 heavy (non-hydrogen) atoms. The molecule has 2 aliphatic rings. The van der Waals surface area contributed by atoms with Crippen LogP contribution in [-0.2, 0) is 23.3 Å². The fourth-order valence-electron chi connectivity index (χ4n) is 4.46. The molecule has 0 aliphatic carbocycles. The number of benzene rings is 2. The standard InChI is InChI=1S/C22H27NO4/c1-25-19-7-6-16(14-18(19)24)15-23-11-9-22(10-12-23)21-17(8-13-27-22)4-3-5-20(21)26-2/h3-7,14,24H,8-13,15H2,1-2H3. The van der Waals surface area contributed by atoms with Gasteiger partial charge in [-0.2, -0.15) is 0 Å². The first-order chi connectivity index (χ1) is 13.1. The van der Waals surface area contributed by atoms with E-state index in [-0.39, 0.29) is 11.4 Å². The first-order valence-corrected chi connectivity index (χ1v) is 9.54. The highest BCUT2D eigenvalue weighted by atomic mass is 16.5. The molecule has 2 heterocycles. The van der Waals surface area contributed by atoms with Gasteiger partial charge in [-0.05, 0) is 48.6 Å². The van der Waals surface area contributed by atoms with Crippen molar-refractivity contribution in [3.05, 3.63) is 53.1 Å². The molecule has 5 heteroatoms. The van der Waals surface area contributed by atoms with E-state index in [1.54, 1.807) is 20.3 Å². The Morgan fingerprint density at radius 1 is 1.07 bits per heavy atom. The minimum absolute atomic E-state index is 0.192. The largest absolute Gasteiger partial charge is 0.504 e. The molecule has 2 aromatic rings. The second-order valence-electron chi connectivity index (χ2n) is 7.37. The highest BCUT2D eigenvalue weighted by Crippen LogP contribution is 2.46. The summed E-state index contributed by atoms with van der Waals surface area (Å²) in [7, 11) is 3.30. The van der Waals surface area contributed by atoms with Crippen LogP contribution in [0.4, 0.5) is 0 Å². The van der Waals surface area contributed by atoms with Gasteiger partial charge in [0, 0.05) is 25.2 Å². The normalized spacial score (nSPS) is 18.9. The van der Waals surface area contributed by atoms with E-state index in [2.05, 4.69) is 17.0 Å². The smallest absolute Gasteiger partial charge is 0.160 e. The van der Waals surface area contributed by atoms with Crippen LogP contribution in [0.15, 0.2) is 36.4 Å². The lowest BCUT2D eigenvalue weighted by Crippen LogP contribution is -2.46. The number of ether oxygens (including phenoxy) is 3. The third kappa shape index (κ3) is 3.37. The molecule has 0 saturated carbocycles. The number of phenolic OH excluding ortho intramolecular Hbond substituents is 1. The predicted octanol–water partition coefficient (Wildman–Crippen LogP) is 3.47. The lowest BCUT2D eigenvalue weighted by Gasteiger charge is -2.45. The van der Waals surface area contributed by atoms with Gasteiger partial charge >= 0.3 is 0 Å². The van der Waals surface area contributed by atoms with Gasteiger partial charge in [0.05, 0.1) is 26.4 Å². The Balaban J connectivity index is 1.49. The molecule has 5 nitrogen and oxygen atoms in total. The summed E-state index contributed by atoms with van der Waals surface area (Å²) in [5.74, 6) is 1.65. The molecule has 1 spiro atoms. The van der Waals surface area contributed by atoms with Gasteiger partial charge in [-0.3, -0.25) is 4.90 Å². The number of aromatic hydroxyl groups is 1. The molecule has 144 valence electrons. The van der Waals surface area contributed by atoms with Crippen molar-refractivity contribution in [2.24, 2.45) is 0 Å². The van der Waals surface area contributed by atoms with Crippen LogP contribution in [0.25, 0.3) is 0 Å². The second kappa shape index (κ2) is 7.41. The summed E-state index contributed by atoms with van der Waals surface area (Å²) in [5, 5.41) is 10.0. The van der Waals surface area contributed by atoms with Crippen molar-refractivity contribution < 1.29 is 19.3 Å². The lowest BCUT2D eigenvalue weighted by atomic mass is 9.78. The van der Waals surface area contributed by atoms with Crippen LogP contribution in [-0.4, -0.2) is 43.9 Å². The number of likely N-dealkylation sites (tertiary alicyclic amines) is 1. The maximum atomic E-state index is 10.0. The van der Waals surface area contributed by atoms with E-state index >= 15 is 0 Å². The highest BCUT2D eigenvalue weighted by molar-refractivity contribution is 5.46. The van der Waals surface area contributed by atoms with Crippen molar-refractivity contribution in [3.63, 3.8) is 0 Å². The van der Waals surface area contributed by atoms with Crippen LogP contribution < -0.4 is 9.47 Å². The van der Waals surface area contributed by atoms with E-state index in [0.717, 1.165) is 56.8 Å². The van der Waals surface area contributed by atoms with Gasteiger partial charge < -0.3 is 19.3 Å². The van der Waals surface area contributed by atoms with Gasteiger partial charge in [-0.25, -0.2) is 0 Å². The van der Waals surface area contributed by atoms with Crippen LogP contribution in [0.2, 0.25) is 0 Å². The highest BCUT2D eigenvalue weighted by Gasteiger charge is 2.42. The number of hydrogen-bond donors (Lipinski definition) is 1. The first kappa shape index (κ1) is 18.1. The van der Waals surface area contributed by atoms with E-state index < -0.39 is 0 Å². The molecular weight excluding hydrogens is 342 g/mol. The summed E-state index contributed by atoms with van der Waals surface area (Å²) in [6, 6.07) is 11.9. The number of methoxy groups -OCH3 is 2. The maximum absolute atomic E-state index is 10.0. The Labute approximate surface area is 160 Å². The molecular formula is C22H27NO4. The fourth-order valence-corrected chi connectivity index (χ4v) is 4.46. The summed E-state index contributed by atoms with van der Waals surface area (Å²) < 4.78 is 17.2. The molecule has 1 N–H and O–H groups in total. The molecule has 2 aliphatic heterocycles. The molecule has 4 rings (SSSR count). The quantitative estimate of drug-likeness (QED) is 0.894. The predicted molar refractivity (Wildman–Crippen MR) is 103 cm³/mol. The zero-order valence-corrected chi connectivity index (χ0v) is 16.0. The van der Waals surface area contributed by atoms with Gasteiger partial charge in [-0.1, -0.05) is 18.2 Å². The summed E-state index contributed by atoms with van der Waals surface area (Å²) in [4.78, 5) is 2.42. The van der Waals surface area contributed by atoms with Crippen LogP contribution in [0.1, 0.15) is 29.5 Å². The van der Waals surface area contributed by atoms with Crippen molar-refractivity contribution in [3.8, 4) is 17.2 Å². The number of fused-ring (bicyclic) bond motifs is 2. The molecule has 0 radical (unpaired) electrons. The van der Waals surface area contributed by atoms with Crippen LogP contribution in [0, 0.1) is 0 Å². The Morgan fingerprint density at radius 3 is 2.56 bits per heavy atom. The molecule has 0 amide bonds. The Kier molecular flexibility index (Phi) is 4.98. The monoisotopic (exact) mass is 369 g/mol. The number of rotatable bonds is 4. The summed E-state index contributed by atoms with van der Waals surface area (Å²) >= 11 is 0. The summed E-state index contributed by atoms with van der Waals surface area (Å²) in [6.45, 7) is 3.48. The third-order valence-electron chi connectivity index (χ3n) is 5.85. The Bertz CT molecular complexity index is 798. The topological polar surface area (TPSA) is 51.2 Å². The van der Waals surface area contributed by atoms with Crippen molar-refractivity contribution in [2.45, 2.75) is 31.4 Å². The second-order valence-corrected chi connectivity index (χ2v) is 7.37. The number of hydrogen-bond acceptors (Lipinski definition) is 5. The number of nitrogens with zero attached hydrogens (tertiary/aromatic N) is 1. The minimum Gasteiger partial charge on any atom is -0.504 e. The van der Waals surface area contributed by atoms with Crippen molar-refractivity contribution in [1.29, 1.82) is 0 Å². The van der Waals surface area contributed by atoms with E-state index in [0.29, 0.717) is 5.75 Å². The van der Waals surface area contributed by atoms with E-state index in [4.69, 9.17) is 14.2 Å². The fraction of sp³-hybridized carbons (Fsp3) is 0.455. The van der Waals surface area contributed by atoms with E-state index in [1.807, 2.05) is 18.2 Å². The van der Waals surface area contributed by atoms with E-state index in [1.165, 1.54) is 11.1 Å². The molecule has 0 unspecified atom stereocenters. The molecule has 1 saturated heterocycles. The molecule has 0 aromatic heterocycles. The van der Waals surface area contributed by atoms with Crippen LogP contribution >= 0.6 is 0 Å². The van der Waals surface area contributed by atoms with Crippen molar-refractivity contribution in [1.82, 2.24) is 4.90 Å². The molecule has 2 aromatic carbocycles. The third-order valence-corrected chi connectivity index (χ3v) is 5.85. The van der Waals surface area contributed by atoms with Gasteiger partial charge in [0.25, 0.3) is 0 Å². The van der Waals surface area contributed by atoms with Gasteiger partial charge in [-0.15, -0.1) is 0 Å². The van der Waals surface area contributed by atoms with E-state index in [9.17, 15) is 5.11 Å². The molecule has 0 atom stereocenters. The van der Waals surface area contributed by atoms with Gasteiger partial charge in [0.15, 0.2) is 11.5 Å². The minimum atomic E-state index is -0.237. The number of phenols is 1. The summed E-state index contributed by atoms with van der Waals surface area (Å²) in [6.07, 6.45) is 2.84. The Morgan fingerprint density at radius 2 is 1.85 bits per heavy atom. The average molecular weight is 369 g/mol. The maximum Gasteiger partial charge on any atom is 0.160 e. The average Bonchev–Trinajstić information content (AvgIpc) is 2.70. The zero-order chi connectivity index (χ0) is 18.9. The van der Waals surface area contributed by atoms with Crippen LogP contribution in [0.3, 0.4) is 0 Å². The van der Waals surface area contributed by atoms with Crippen molar-refractivity contribution in [2.75, 3.05) is 33.9 Å². The SMILES string of the molecule is COc1ccc(CN2CCC3(CC2)OCCc2cccc(OC)c23)cc1O. The van der Waals surface area contributed by atoms with Gasteiger partial charge in [0.2, 0.25) is 0 Å². The van der Waals surface area contributed by atoms with Crippen LogP contribution in [0.5, 0.6) is 17.2 Å². The zero-order valence-electron chi connectivity index (χ0n) is 16.0.